The van der Waals surface area contributed by atoms with E-state index in [0.717, 1.165) is 6.20 Å². The summed E-state index contributed by atoms with van der Waals surface area (Å²) in [6.07, 6.45) is 2.22. The summed E-state index contributed by atoms with van der Waals surface area (Å²) in [5.74, 6) is -1.05. The molecule has 0 N–H and O–H groups in total. The molecule has 0 aliphatic carbocycles. The van der Waals surface area contributed by atoms with Crippen molar-refractivity contribution >= 4 is 11.9 Å². The molecule has 4 rings (SSSR count). The van der Waals surface area contributed by atoms with Crippen molar-refractivity contribution in [2.45, 2.75) is 25.8 Å². The van der Waals surface area contributed by atoms with Gasteiger partial charge in [-0.3, -0.25) is 9.78 Å². The molecule has 2 aliphatic heterocycles. The number of aromatic nitrogens is 3. The molecule has 2 aromatic rings. The Hall–Kier alpha value is -3.62. The number of nitriles is 1. The predicted molar refractivity (Wildman–Crippen MR) is 108 cm³/mol. The highest BCUT2D eigenvalue weighted by Gasteiger charge is 2.31. The van der Waals surface area contributed by atoms with E-state index in [-0.39, 0.29) is 24.4 Å². The van der Waals surface area contributed by atoms with Gasteiger partial charge in [0.25, 0.3) is 12.3 Å². The van der Waals surface area contributed by atoms with E-state index in [9.17, 15) is 23.2 Å². The lowest BCUT2D eigenvalue weighted by molar-refractivity contribution is -0.137. The summed E-state index contributed by atoms with van der Waals surface area (Å²) in [5, 5.41) is 9.24. The normalized spacial score (nSPS) is 16.6. The van der Waals surface area contributed by atoms with E-state index in [0.29, 0.717) is 55.9 Å². The Morgan fingerprint density at radius 2 is 2.06 bits per heavy atom. The van der Waals surface area contributed by atoms with Crippen LogP contribution in [0.3, 0.4) is 0 Å². The van der Waals surface area contributed by atoms with Crippen LogP contribution in [0.15, 0.2) is 18.6 Å². The van der Waals surface area contributed by atoms with Gasteiger partial charge >= 0.3 is 0 Å². The summed E-state index contributed by atoms with van der Waals surface area (Å²) < 4.78 is 48.9. The molecule has 0 radical (unpaired) electrons. The number of carbonyl (C=O) groups excluding carboxylic acids is 1. The van der Waals surface area contributed by atoms with E-state index < -0.39 is 24.7 Å². The van der Waals surface area contributed by atoms with Gasteiger partial charge < -0.3 is 19.3 Å². The Labute approximate surface area is 187 Å². The molecule has 0 unspecified atom stereocenters. The summed E-state index contributed by atoms with van der Waals surface area (Å²) in [7, 11) is 0. The molecule has 0 spiro atoms. The third-order valence-electron chi connectivity index (χ3n) is 5.54. The van der Waals surface area contributed by atoms with Crippen LogP contribution in [0.4, 0.5) is 19.1 Å². The molecule has 2 aromatic heterocycles. The Morgan fingerprint density at radius 3 is 2.79 bits per heavy atom. The van der Waals surface area contributed by atoms with Gasteiger partial charge in [-0.1, -0.05) is 0 Å². The molecule has 33 heavy (non-hydrogen) atoms. The quantitative estimate of drug-likeness (QED) is 0.666. The Balaban J connectivity index is 1.38. The fourth-order valence-corrected chi connectivity index (χ4v) is 3.91. The molecule has 0 aromatic carbocycles. The van der Waals surface area contributed by atoms with Crippen LogP contribution in [0, 0.1) is 23.1 Å². The van der Waals surface area contributed by atoms with E-state index in [4.69, 9.17) is 9.47 Å². The van der Waals surface area contributed by atoms with Gasteiger partial charge in [0, 0.05) is 37.0 Å². The number of pyridine rings is 1. The lowest BCUT2D eigenvalue weighted by Crippen LogP contribution is -2.43. The van der Waals surface area contributed by atoms with Gasteiger partial charge in [0.15, 0.2) is 6.61 Å². The molecule has 1 saturated heterocycles. The lowest BCUT2D eigenvalue weighted by atomic mass is 9.95. The fraction of sp³-hybridized carbons (Fsp3) is 0.476. The number of nitrogens with zero attached hydrogens (tertiary/aromatic N) is 6. The second kappa shape index (κ2) is 9.89. The molecule has 1 fully saturated rings. The lowest BCUT2D eigenvalue weighted by Gasteiger charge is -2.33. The number of alkyl halides is 2. The maximum absolute atomic E-state index is 13.8. The fourth-order valence-electron chi connectivity index (χ4n) is 3.91. The minimum Gasteiger partial charge on any atom is -0.490 e. The monoisotopic (exact) mass is 462 g/mol. The zero-order valence-electron chi connectivity index (χ0n) is 17.6. The number of carbonyl (C=O) groups is 1. The highest BCUT2D eigenvalue weighted by Crippen LogP contribution is 2.29. The summed E-state index contributed by atoms with van der Waals surface area (Å²) in [6.45, 7) is 0.904. The molecule has 4 heterocycles. The van der Waals surface area contributed by atoms with Crippen LogP contribution < -0.4 is 14.4 Å². The van der Waals surface area contributed by atoms with Crippen LogP contribution in [-0.2, 0) is 11.3 Å². The van der Waals surface area contributed by atoms with Gasteiger partial charge in [-0.2, -0.15) is 14.6 Å². The Bertz CT molecular complexity index is 1060. The number of rotatable bonds is 5. The first-order chi connectivity index (χ1) is 16.0. The van der Waals surface area contributed by atoms with Crippen molar-refractivity contribution in [2.24, 2.45) is 5.92 Å². The van der Waals surface area contributed by atoms with Crippen LogP contribution in [0.2, 0.25) is 0 Å². The molecule has 12 heteroatoms. The zero-order chi connectivity index (χ0) is 23.4. The van der Waals surface area contributed by atoms with E-state index >= 15 is 0 Å². The van der Waals surface area contributed by atoms with E-state index in [1.807, 2.05) is 0 Å². The average Bonchev–Trinajstić information content (AvgIpc) is 3.05. The van der Waals surface area contributed by atoms with Crippen LogP contribution in [0.5, 0.6) is 11.6 Å². The van der Waals surface area contributed by atoms with Crippen molar-refractivity contribution in [3.8, 4) is 17.7 Å². The van der Waals surface area contributed by atoms with Crippen LogP contribution in [0.1, 0.15) is 24.0 Å². The Kier molecular flexibility index (Phi) is 6.76. The predicted octanol–water partition coefficient (Wildman–Crippen LogP) is 2.16. The van der Waals surface area contributed by atoms with Crippen LogP contribution >= 0.6 is 0 Å². The first-order valence-corrected chi connectivity index (χ1v) is 10.4. The summed E-state index contributed by atoms with van der Waals surface area (Å²) >= 11 is 0. The second-order valence-electron chi connectivity index (χ2n) is 7.68. The van der Waals surface area contributed by atoms with Gasteiger partial charge in [0.1, 0.15) is 24.0 Å². The molecule has 0 atom stereocenters. The average molecular weight is 462 g/mol. The van der Waals surface area contributed by atoms with Gasteiger partial charge in [0.2, 0.25) is 17.7 Å². The Morgan fingerprint density at radius 1 is 1.27 bits per heavy atom. The number of ether oxygens (including phenoxy) is 2. The van der Waals surface area contributed by atoms with Gasteiger partial charge in [0.05, 0.1) is 19.3 Å². The minimum absolute atomic E-state index is 0.0190. The van der Waals surface area contributed by atoms with E-state index in [1.54, 1.807) is 16.0 Å². The molecular weight excluding hydrogens is 441 g/mol. The third kappa shape index (κ3) is 5.08. The smallest absolute Gasteiger partial charge is 0.272 e. The number of halogens is 3. The van der Waals surface area contributed by atoms with Gasteiger partial charge in [-0.15, -0.1) is 0 Å². The van der Waals surface area contributed by atoms with Crippen molar-refractivity contribution in [1.29, 1.82) is 5.26 Å². The van der Waals surface area contributed by atoms with Crippen LogP contribution in [-0.4, -0.2) is 65.0 Å². The molecular formula is C21H21F3N6O3. The first-order valence-electron chi connectivity index (χ1n) is 10.4. The van der Waals surface area contributed by atoms with E-state index in [1.165, 1.54) is 6.20 Å². The summed E-state index contributed by atoms with van der Waals surface area (Å²) in [4.78, 5) is 28.5. The molecule has 0 saturated carbocycles. The van der Waals surface area contributed by atoms with Crippen molar-refractivity contribution in [1.82, 2.24) is 19.9 Å². The highest BCUT2D eigenvalue weighted by molar-refractivity contribution is 5.79. The molecule has 2 aliphatic rings. The number of piperidine rings is 1. The number of amides is 1. The second-order valence-corrected chi connectivity index (χ2v) is 7.68. The van der Waals surface area contributed by atoms with Crippen molar-refractivity contribution in [3.05, 3.63) is 35.5 Å². The first kappa shape index (κ1) is 22.6. The standard InChI is InChI=1S/C21H21F3N6O3/c22-16-10-27-21(28-19(16)33-12-17(23)24)29-3-1-13(2-4-29)20(31)30-5-6-32-18-14(7-25)8-26-9-15(18)11-30/h8-10,13,17H,1-6,11-12H2. The summed E-state index contributed by atoms with van der Waals surface area (Å²) in [5.41, 5.74) is 1.03. The number of hydrogen-bond donors (Lipinski definition) is 0. The van der Waals surface area contributed by atoms with E-state index in [2.05, 4.69) is 21.0 Å². The van der Waals surface area contributed by atoms with Gasteiger partial charge in [-0.05, 0) is 12.8 Å². The maximum atomic E-state index is 13.8. The van der Waals surface area contributed by atoms with Crippen LogP contribution in [0.25, 0.3) is 0 Å². The maximum Gasteiger partial charge on any atom is 0.272 e. The van der Waals surface area contributed by atoms with Crippen molar-refractivity contribution < 1.29 is 27.4 Å². The SMILES string of the molecule is N#Cc1cncc2c1OCCN(C(=O)C1CCN(c3ncc(F)c(OCC(F)F)n3)CC1)C2. The number of anilines is 1. The molecule has 0 bridgehead atoms. The summed E-state index contributed by atoms with van der Waals surface area (Å²) in [6, 6.07) is 2.05. The number of hydrogen-bond acceptors (Lipinski definition) is 8. The zero-order valence-corrected chi connectivity index (χ0v) is 17.6. The third-order valence-corrected chi connectivity index (χ3v) is 5.54. The molecule has 1 amide bonds. The number of fused-ring (bicyclic) bond motifs is 1. The highest BCUT2D eigenvalue weighted by atomic mass is 19.3. The largest absolute Gasteiger partial charge is 0.490 e. The van der Waals surface area contributed by atoms with Gasteiger partial charge in [-0.25, -0.2) is 13.8 Å². The minimum atomic E-state index is -2.75. The van der Waals surface area contributed by atoms with Crippen molar-refractivity contribution in [2.75, 3.05) is 37.7 Å². The molecule has 9 nitrogen and oxygen atoms in total. The van der Waals surface area contributed by atoms with Crippen molar-refractivity contribution in [3.63, 3.8) is 0 Å². The topological polar surface area (TPSA) is 104 Å². The molecule has 174 valence electrons.